The minimum absolute atomic E-state index is 0.0999. The zero-order valence-corrected chi connectivity index (χ0v) is 14.9. The molecule has 0 aromatic heterocycles. The summed E-state index contributed by atoms with van der Waals surface area (Å²) in [6.45, 7) is 1.05. The average Bonchev–Trinajstić information content (AvgIpc) is 2.72. The summed E-state index contributed by atoms with van der Waals surface area (Å²) in [7, 11) is 0. The molecule has 4 heteroatoms. The first-order valence-corrected chi connectivity index (χ1v) is 9.08. The van der Waals surface area contributed by atoms with E-state index in [0.717, 1.165) is 29.7 Å². The number of hydrogen-bond acceptors (Lipinski definition) is 2. The maximum atomic E-state index is 13.7. The van der Waals surface area contributed by atoms with Gasteiger partial charge < -0.3 is 9.64 Å². The highest BCUT2D eigenvalue weighted by Crippen LogP contribution is 2.29. The molecule has 136 valence electrons. The molecule has 0 fully saturated rings. The van der Waals surface area contributed by atoms with E-state index in [9.17, 15) is 9.18 Å². The van der Waals surface area contributed by atoms with Gasteiger partial charge >= 0.3 is 0 Å². The van der Waals surface area contributed by atoms with Crippen LogP contribution in [0.1, 0.15) is 27.9 Å². The van der Waals surface area contributed by atoms with Crippen LogP contribution in [0.4, 0.5) is 10.1 Å². The predicted molar refractivity (Wildman–Crippen MR) is 104 cm³/mol. The van der Waals surface area contributed by atoms with Crippen molar-refractivity contribution in [3.63, 3.8) is 0 Å². The number of halogens is 1. The highest BCUT2D eigenvalue weighted by Gasteiger charge is 2.24. The van der Waals surface area contributed by atoms with Crippen LogP contribution in [0.2, 0.25) is 0 Å². The van der Waals surface area contributed by atoms with E-state index >= 15 is 0 Å². The quantitative estimate of drug-likeness (QED) is 0.655. The summed E-state index contributed by atoms with van der Waals surface area (Å²) in [5.74, 6) is 0.392. The van der Waals surface area contributed by atoms with E-state index in [2.05, 4.69) is 0 Å². The second-order valence-electron chi connectivity index (χ2n) is 6.63. The van der Waals surface area contributed by atoms with Gasteiger partial charge in [-0.2, -0.15) is 0 Å². The summed E-state index contributed by atoms with van der Waals surface area (Å²) in [6, 6.07) is 21.7. The molecule has 1 amide bonds. The number of carbonyl (C=O) groups excluding carboxylic acids is 1. The number of benzene rings is 3. The normalized spacial score (nSPS) is 13.1. The molecule has 0 atom stereocenters. The van der Waals surface area contributed by atoms with Crippen LogP contribution in [0, 0.1) is 5.82 Å². The number of fused-ring (bicyclic) bond motifs is 1. The number of carbonyl (C=O) groups is 1. The topological polar surface area (TPSA) is 29.5 Å². The summed E-state index contributed by atoms with van der Waals surface area (Å²) < 4.78 is 19.4. The van der Waals surface area contributed by atoms with Gasteiger partial charge in [-0.1, -0.05) is 36.4 Å². The molecule has 1 aliphatic heterocycles. The smallest absolute Gasteiger partial charge is 0.258 e. The van der Waals surface area contributed by atoms with Crippen molar-refractivity contribution in [2.75, 3.05) is 11.4 Å². The number of aryl methyl sites for hydroxylation is 1. The van der Waals surface area contributed by atoms with Gasteiger partial charge in [0.15, 0.2) is 0 Å². The van der Waals surface area contributed by atoms with Crippen LogP contribution >= 0.6 is 0 Å². The van der Waals surface area contributed by atoms with E-state index in [-0.39, 0.29) is 11.7 Å². The van der Waals surface area contributed by atoms with Crippen LogP contribution in [0.3, 0.4) is 0 Å². The molecule has 0 aliphatic carbocycles. The second-order valence-corrected chi connectivity index (χ2v) is 6.63. The van der Waals surface area contributed by atoms with Crippen molar-refractivity contribution in [3.8, 4) is 5.75 Å². The van der Waals surface area contributed by atoms with Crippen LogP contribution in [-0.4, -0.2) is 12.5 Å². The molecular formula is C23H20FNO2. The monoisotopic (exact) mass is 361 g/mol. The highest BCUT2D eigenvalue weighted by atomic mass is 19.1. The Labute approximate surface area is 158 Å². The number of rotatable bonds is 4. The zero-order valence-electron chi connectivity index (χ0n) is 14.9. The zero-order chi connectivity index (χ0) is 18.6. The van der Waals surface area contributed by atoms with E-state index < -0.39 is 0 Å². The molecule has 3 nitrogen and oxygen atoms in total. The molecule has 0 radical (unpaired) electrons. The minimum Gasteiger partial charge on any atom is -0.489 e. The molecule has 1 heterocycles. The third kappa shape index (κ3) is 3.85. The lowest BCUT2D eigenvalue weighted by Gasteiger charge is -2.29. The Kier molecular flexibility index (Phi) is 4.88. The Balaban J connectivity index is 1.48. The van der Waals surface area contributed by atoms with Crippen molar-refractivity contribution in [2.45, 2.75) is 19.4 Å². The first-order valence-electron chi connectivity index (χ1n) is 9.08. The molecule has 1 aliphatic rings. The summed E-state index contributed by atoms with van der Waals surface area (Å²) in [5, 5.41) is 0. The van der Waals surface area contributed by atoms with Crippen molar-refractivity contribution >= 4 is 11.6 Å². The van der Waals surface area contributed by atoms with Crippen molar-refractivity contribution in [1.29, 1.82) is 0 Å². The van der Waals surface area contributed by atoms with Crippen molar-refractivity contribution < 1.29 is 13.9 Å². The van der Waals surface area contributed by atoms with Gasteiger partial charge in [0.25, 0.3) is 5.91 Å². The molecule has 0 N–H and O–H groups in total. The fourth-order valence-electron chi connectivity index (χ4n) is 3.34. The Bertz CT molecular complexity index is 938. The number of hydrogen-bond donors (Lipinski definition) is 0. The Morgan fingerprint density at radius 3 is 2.56 bits per heavy atom. The second kappa shape index (κ2) is 7.62. The number of anilines is 1. The van der Waals surface area contributed by atoms with Crippen molar-refractivity contribution in [1.82, 2.24) is 0 Å². The molecule has 0 unspecified atom stereocenters. The van der Waals surface area contributed by atoms with E-state index in [1.54, 1.807) is 23.1 Å². The number of para-hydroxylation sites is 1. The van der Waals surface area contributed by atoms with Gasteiger partial charge in [-0.25, -0.2) is 4.39 Å². The maximum Gasteiger partial charge on any atom is 0.258 e. The van der Waals surface area contributed by atoms with E-state index in [1.165, 1.54) is 12.1 Å². The largest absolute Gasteiger partial charge is 0.489 e. The Hall–Kier alpha value is -3.14. The maximum absolute atomic E-state index is 13.7. The van der Waals surface area contributed by atoms with Gasteiger partial charge in [0, 0.05) is 12.1 Å². The highest BCUT2D eigenvalue weighted by molar-refractivity contribution is 6.06. The fraction of sp³-hybridized carbons (Fsp3) is 0.174. The van der Waals surface area contributed by atoms with Gasteiger partial charge in [0.1, 0.15) is 18.2 Å². The average molecular weight is 361 g/mol. The van der Waals surface area contributed by atoms with Gasteiger partial charge in [-0.15, -0.1) is 0 Å². The molecule has 0 bridgehead atoms. The predicted octanol–water partition coefficient (Wildman–Crippen LogP) is 5.00. The molecule has 3 aromatic carbocycles. The number of nitrogens with zero attached hydrogens (tertiary/aromatic N) is 1. The minimum atomic E-state index is -0.318. The van der Waals surface area contributed by atoms with Crippen LogP contribution in [0.15, 0.2) is 72.8 Å². The first-order chi connectivity index (χ1) is 13.2. The summed E-state index contributed by atoms with van der Waals surface area (Å²) in [4.78, 5) is 14.6. The molecule has 0 saturated heterocycles. The standard InChI is InChI=1S/C23H20FNO2/c24-20-13-12-18-5-4-14-25(22(18)15-20)23(26)19-10-8-17(9-11-19)16-27-21-6-2-1-3-7-21/h1-3,6-13,15H,4-5,14,16H2. The van der Waals surface area contributed by atoms with Crippen LogP contribution < -0.4 is 9.64 Å². The third-order valence-corrected chi connectivity index (χ3v) is 4.76. The number of amides is 1. The molecule has 0 spiro atoms. The van der Waals surface area contributed by atoms with Crippen molar-refractivity contribution in [3.05, 3.63) is 95.3 Å². The van der Waals surface area contributed by atoms with E-state index in [0.29, 0.717) is 24.4 Å². The van der Waals surface area contributed by atoms with Gasteiger partial charge in [-0.3, -0.25) is 4.79 Å². The molecule has 3 aromatic rings. The van der Waals surface area contributed by atoms with E-state index in [1.807, 2.05) is 42.5 Å². The van der Waals surface area contributed by atoms with Gasteiger partial charge in [-0.05, 0) is 60.4 Å². The van der Waals surface area contributed by atoms with Crippen LogP contribution in [-0.2, 0) is 13.0 Å². The van der Waals surface area contributed by atoms with Gasteiger partial charge in [0.05, 0.1) is 5.69 Å². The lowest BCUT2D eigenvalue weighted by molar-refractivity contribution is 0.0985. The summed E-state index contributed by atoms with van der Waals surface area (Å²) in [6.07, 6.45) is 1.75. The SMILES string of the molecule is O=C(c1ccc(COc2ccccc2)cc1)N1CCCc2ccc(F)cc21. The molecule has 27 heavy (non-hydrogen) atoms. The van der Waals surface area contributed by atoms with Crippen LogP contribution in [0.5, 0.6) is 5.75 Å². The Morgan fingerprint density at radius 2 is 1.78 bits per heavy atom. The van der Waals surface area contributed by atoms with Gasteiger partial charge in [0.2, 0.25) is 0 Å². The summed E-state index contributed by atoms with van der Waals surface area (Å²) in [5.41, 5.74) is 3.28. The lowest BCUT2D eigenvalue weighted by atomic mass is 10.0. The van der Waals surface area contributed by atoms with E-state index in [4.69, 9.17) is 4.74 Å². The van der Waals surface area contributed by atoms with Crippen molar-refractivity contribution in [2.24, 2.45) is 0 Å². The van der Waals surface area contributed by atoms with Crippen LogP contribution in [0.25, 0.3) is 0 Å². The Morgan fingerprint density at radius 1 is 1.00 bits per heavy atom. The first kappa shape index (κ1) is 17.3. The summed E-state index contributed by atoms with van der Waals surface area (Å²) >= 11 is 0. The lowest BCUT2D eigenvalue weighted by Crippen LogP contribution is -2.35. The number of ether oxygens (including phenoxy) is 1. The molecule has 0 saturated carbocycles. The molecular weight excluding hydrogens is 341 g/mol. The third-order valence-electron chi connectivity index (χ3n) is 4.76. The fourth-order valence-corrected chi connectivity index (χ4v) is 3.34. The molecule has 4 rings (SSSR count).